The van der Waals surface area contributed by atoms with E-state index in [-0.39, 0.29) is 24.3 Å². The molecule has 0 spiro atoms. The Bertz CT molecular complexity index is 1360. The smallest absolute Gasteiger partial charge is 0.244 e. The number of hydrogen-bond donors (Lipinski definition) is 0. The maximum atomic E-state index is 13.5. The van der Waals surface area contributed by atoms with Crippen LogP contribution >= 0.6 is 0 Å². The Hall–Kier alpha value is -4.01. The molecule has 0 radical (unpaired) electrons. The topological polar surface area (TPSA) is 78.1 Å². The summed E-state index contributed by atoms with van der Waals surface area (Å²) in [7, 11) is 1.63. The predicted octanol–water partition coefficient (Wildman–Crippen LogP) is 4.95. The van der Waals surface area contributed by atoms with Crippen molar-refractivity contribution in [3.05, 3.63) is 78.3 Å². The highest BCUT2D eigenvalue weighted by atomic mass is 19.1. The second-order valence-corrected chi connectivity index (χ2v) is 9.55. The molecule has 0 N–H and O–H groups in total. The summed E-state index contributed by atoms with van der Waals surface area (Å²) >= 11 is 0. The summed E-state index contributed by atoms with van der Waals surface area (Å²) in [5, 5.41) is 8.54. The Morgan fingerprint density at radius 2 is 1.89 bits per heavy atom. The van der Waals surface area contributed by atoms with Crippen LogP contribution in [0.15, 0.2) is 61.2 Å². The van der Waals surface area contributed by atoms with E-state index in [2.05, 4.69) is 15.3 Å². The minimum atomic E-state index is -0.278. The first-order valence-corrected chi connectivity index (χ1v) is 12.6. The molecular formula is C28H31FN6O2. The molecule has 0 saturated heterocycles. The van der Waals surface area contributed by atoms with Crippen LogP contribution in [-0.2, 0) is 17.9 Å². The molecular weight excluding hydrogens is 471 g/mol. The van der Waals surface area contributed by atoms with Crippen molar-refractivity contribution in [1.29, 1.82) is 0 Å². The highest BCUT2D eigenvalue weighted by Gasteiger charge is 2.26. The number of rotatable bonds is 8. The lowest BCUT2D eigenvalue weighted by Crippen LogP contribution is -2.42. The zero-order valence-corrected chi connectivity index (χ0v) is 21.2. The highest BCUT2D eigenvalue weighted by molar-refractivity contribution is 5.76. The molecule has 2 aromatic heterocycles. The van der Waals surface area contributed by atoms with Gasteiger partial charge in [-0.1, -0.05) is 42.7 Å². The number of aromatic nitrogens is 5. The molecule has 0 unspecified atom stereocenters. The molecule has 1 fully saturated rings. The summed E-state index contributed by atoms with van der Waals surface area (Å²) in [6.07, 6.45) is 10.9. The molecule has 37 heavy (non-hydrogen) atoms. The van der Waals surface area contributed by atoms with Crippen LogP contribution in [-0.4, -0.2) is 48.5 Å². The van der Waals surface area contributed by atoms with Gasteiger partial charge in [0.15, 0.2) is 0 Å². The Labute approximate surface area is 215 Å². The molecule has 2 heterocycles. The average molecular weight is 503 g/mol. The molecule has 9 heteroatoms. The van der Waals surface area contributed by atoms with Gasteiger partial charge in [0.05, 0.1) is 31.0 Å². The average Bonchev–Trinajstić information content (AvgIpc) is 3.57. The van der Waals surface area contributed by atoms with Crippen LogP contribution < -0.4 is 4.74 Å². The van der Waals surface area contributed by atoms with Gasteiger partial charge in [-0.25, -0.2) is 14.1 Å². The van der Waals surface area contributed by atoms with Gasteiger partial charge >= 0.3 is 0 Å². The monoisotopic (exact) mass is 502 g/mol. The fourth-order valence-electron chi connectivity index (χ4n) is 4.94. The lowest BCUT2D eigenvalue weighted by molar-refractivity contribution is -0.135. The molecule has 1 aliphatic carbocycles. The lowest BCUT2D eigenvalue weighted by Gasteiger charge is -2.34. The maximum absolute atomic E-state index is 13.5. The quantitative estimate of drug-likeness (QED) is 0.341. The van der Waals surface area contributed by atoms with Gasteiger partial charge in [-0.2, -0.15) is 0 Å². The molecule has 192 valence electrons. The van der Waals surface area contributed by atoms with Crippen molar-refractivity contribution in [3.8, 4) is 22.7 Å². The molecule has 1 amide bonds. The Kier molecular flexibility index (Phi) is 7.30. The molecule has 1 aliphatic rings. The van der Waals surface area contributed by atoms with Crippen LogP contribution in [0.25, 0.3) is 16.9 Å². The fourth-order valence-corrected chi connectivity index (χ4v) is 4.94. The number of benzene rings is 2. The summed E-state index contributed by atoms with van der Waals surface area (Å²) in [6, 6.07) is 12.4. The van der Waals surface area contributed by atoms with Crippen molar-refractivity contribution in [3.63, 3.8) is 0 Å². The number of imidazole rings is 1. The van der Waals surface area contributed by atoms with E-state index in [4.69, 9.17) is 4.74 Å². The van der Waals surface area contributed by atoms with Gasteiger partial charge in [0.2, 0.25) is 5.91 Å². The lowest BCUT2D eigenvalue weighted by atomic mass is 9.93. The Balaban J connectivity index is 1.33. The third-order valence-corrected chi connectivity index (χ3v) is 6.90. The first-order valence-electron chi connectivity index (χ1n) is 12.6. The second kappa shape index (κ2) is 10.9. The number of hydrogen-bond acceptors (Lipinski definition) is 5. The number of aryl methyl sites for hydroxylation is 1. The van der Waals surface area contributed by atoms with Crippen LogP contribution in [0.4, 0.5) is 4.39 Å². The zero-order chi connectivity index (χ0) is 25.8. The number of carbonyl (C=O) groups excluding carboxylic acids is 1. The maximum Gasteiger partial charge on any atom is 0.244 e. The molecule has 1 saturated carbocycles. The minimum Gasteiger partial charge on any atom is -0.495 e. The van der Waals surface area contributed by atoms with Gasteiger partial charge in [0.25, 0.3) is 0 Å². The SMILES string of the molecule is COc1cc(-c2cn(CC(=O)N(Cc3ccc(F)cc3)C3CCCCC3)nn2)ccc1-n1cnc(C)c1. The van der Waals surface area contributed by atoms with Crippen molar-refractivity contribution in [2.75, 3.05) is 7.11 Å². The van der Waals surface area contributed by atoms with E-state index < -0.39 is 0 Å². The first-order chi connectivity index (χ1) is 18.0. The summed E-state index contributed by atoms with van der Waals surface area (Å²) in [6.45, 7) is 2.48. The van der Waals surface area contributed by atoms with Gasteiger partial charge in [0, 0.05) is 24.3 Å². The van der Waals surface area contributed by atoms with Crippen LogP contribution in [0.1, 0.15) is 43.4 Å². The van der Waals surface area contributed by atoms with Crippen LogP contribution in [0.5, 0.6) is 5.75 Å². The number of methoxy groups -OCH3 is 1. The molecule has 2 aromatic carbocycles. The van der Waals surface area contributed by atoms with Gasteiger partial charge in [-0.15, -0.1) is 5.10 Å². The van der Waals surface area contributed by atoms with E-state index >= 15 is 0 Å². The second-order valence-electron chi connectivity index (χ2n) is 9.55. The predicted molar refractivity (Wildman–Crippen MR) is 138 cm³/mol. The third kappa shape index (κ3) is 5.71. The molecule has 5 rings (SSSR count). The van der Waals surface area contributed by atoms with E-state index in [1.165, 1.54) is 18.6 Å². The molecule has 0 bridgehead atoms. The summed E-state index contributed by atoms with van der Waals surface area (Å²) in [4.78, 5) is 19.7. The number of nitrogens with zero attached hydrogens (tertiary/aromatic N) is 6. The van der Waals surface area contributed by atoms with Crippen molar-refractivity contribution < 1.29 is 13.9 Å². The molecule has 0 atom stereocenters. The minimum absolute atomic E-state index is 0.0175. The van der Waals surface area contributed by atoms with Gasteiger partial charge in [-0.3, -0.25) is 4.79 Å². The molecule has 4 aromatic rings. The molecule has 8 nitrogen and oxygen atoms in total. The van der Waals surface area contributed by atoms with Crippen molar-refractivity contribution in [2.45, 2.75) is 58.2 Å². The van der Waals surface area contributed by atoms with E-state index in [0.29, 0.717) is 18.0 Å². The Morgan fingerprint density at radius 1 is 1.11 bits per heavy atom. The first kappa shape index (κ1) is 24.7. The van der Waals surface area contributed by atoms with Crippen LogP contribution in [0.3, 0.4) is 0 Å². The van der Waals surface area contributed by atoms with Gasteiger partial charge in [-0.05, 0) is 49.6 Å². The number of halogens is 1. The van der Waals surface area contributed by atoms with Crippen molar-refractivity contribution in [1.82, 2.24) is 29.4 Å². The summed E-state index contributed by atoms with van der Waals surface area (Å²) in [5.74, 6) is 0.388. The van der Waals surface area contributed by atoms with Crippen LogP contribution in [0, 0.1) is 12.7 Å². The number of ether oxygens (including phenoxy) is 1. The molecule has 0 aliphatic heterocycles. The summed E-state index contributed by atoms with van der Waals surface area (Å²) < 4.78 is 22.5. The highest BCUT2D eigenvalue weighted by Crippen LogP contribution is 2.29. The summed E-state index contributed by atoms with van der Waals surface area (Å²) in [5.41, 5.74) is 4.20. The largest absolute Gasteiger partial charge is 0.495 e. The van der Waals surface area contributed by atoms with Crippen LogP contribution in [0.2, 0.25) is 0 Å². The van der Waals surface area contributed by atoms with Gasteiger partial charge in [0.1, 0.15) is 23.8 Å². The normalized spacial score (nSPS) is 14.0. The zero-order valence-electron chi connectivity index (χ0n) is 21.2. The Morgan fingerprint density at radius 3 is 2.59 bits per heavy atom. The van der Waals surface area contributed by atoms with E-state index in [0.717, 1.165) is 48.2 Å². The van der Waals surface area contributed by atoms with Gasteiger partial charge < -0.3 is 14.2 Å². The number of carbonyl (C=O) groups is 1. The van der Waals surface area contributed by atoms with E-state index in [9.17, 15) is 9.18 Å². The van der Waals surface area contributed by atoms with E-state index in [1.807, 2.05) is 40.8 Å². The van der Waals surface area contributed by atoms with E-state index in [1.54, 1.807) is 36.4 Å². The third-order valence-electron chi connectivity index (χ3n) is 6.90. The van der Waals surface area contributed by atoms with Crippen molar-refractivity contribution in [2.24, 2.45) is 0 Å². The standard InChI is InChI=1S/C28H31FN6O2/c1-20-15-33(19-30-20)26-13-10-22(14-27(26)37-2)25-17-34(32-31-25)18-28(36)35(24-6-4-3-5-7-24)16-21-8-11-23(29)12-9-21/h8-15,17,19,24H,3-7,16,18H2,1-2H3. The van der Waals surface area contributed by atoms with Crippen molar-refractivity contribution >= 4 is 5.91 Å². The number of amides is 1. The fraction of sp³-hybridized carbons (Fsp3) is 0.357.